The molecule has 1 aromatic heterocycles. The number of para-hydroxylation sites is 1. The van der Waals surface area contributed by atoms with Crippen molar-refractivity contribution in [3.63, 3.8) is 0 Å². The lowest BCUT2D eigenvalue weighted by atomic mass is 9.86. The van der Waals surface area contributed by atoms with E-state index < -0.39 is 0 Å². The molecule has 6 nitrogen and oxygen atoms in total. The molecule has 126 valence electrons. The summed E-state index contributed by atoms with van der Waals surface area (Å²) in [6, 6.07) is 17.3. The van der Waals surface area contributed by atoms with E-state index in [2.05, 4.69) is 10.4 Å². The molecule has 2 heterocycles. The summed E-state index contributed by atoms with van der Waals surface area (Å²) >= 11 is 0. The number of carbonyl (C=O) groups is 1. The predicted octanol–water partition coefficient (Wildman–Crippen LogP) is 2.94. The van der Waals surface area contributed by atoms with E-state index in [1.165, 1.54) is 0 Å². The highest BCUT2D eigenvalue weighted by Gasteiger charge is 2.33. The number of fused-ring (bicyclic) bond motifs is 1. The minimum absolute atomic E-state index is 0.0506. The van der Waals surface area contributed by atoms with Crippen LogP contribution in [-0.2, 0) is 4.79 Å². The lowest BCUT2D eigenvalue weighted by Crippen LogP contribution is -2.25. The van der Waals surface area contributed by atoms with Crippen LogP contribution in [0.1, 0.15) is 23.5 Å². The van der Waals surface area contributed by atoms with Crippen LogP contribution >= 0.6 is 0 Å². The Hall–Kier alpha value is -3.28. The number of nitrogens with two attached hydrogens (primary N) is 1. The van der Waals surface area contributed by atoms with Crippen molar-refractivity contribution in [3.05, 3.63) is 65.7 Å². The highest BCUT2D eigenvalue weighted by Crippen LogP contribution is 2.41. The Balaban J connectivity index is 1.83. The standard InChI is InChI=1S/C19H18N4O2/c1-25-14-9-7-12(8-10-14)15-11-16(24)21-19-17(15)18(20)22-23(19)13-5-3-2-4-6-13/h2-10,15H,11H2,1H3,(H2,20,22)(H,21,24). The number of amides is 1. The molecule has 3 N–H and O–H groups in total. The number of ether oxygens (including phenoxy) is 1. The summed E-state index contributed by atoms with van der Waals surface area (Å²) in [6.07, 6.45) is 0.337. The van der Waals surface area contributed by atoms with E-state index in [-0.39, 0.29) is 11.8 Å². The van der Waals surface area contributed by atoms with Gasteiger partial charge < -0.3 is 15.8 Å². The molecule has 25 heavy (non-hydrogen) atoms. The van der Waals surface area contributed by atoms with Gasteiger partial charge in [-0.05, 0) is 29.8 Å². The third-order valence-electron chi connectivity index (χ3n) is 4.47. The molecule has 6 heteroatoms. The monoisotopic (exact) mass is 334 g/mol. The number of aromatic nitrogens is 2. The highest BCUT2D eigenvalue weighted by atomic mass is 16.5. The highest BCUT2D eigenvalue weighted by molar-refractivity contribution is 5.96. The van der Waals surface area contributed by atoms with Gasteiger partial charge in [0, 0.05) is 17.9 Å². The molecule has 1 amide bonds. The summed E-state index contributed by atoms with van der Waals surface area (Å²) in [5.74, 6) is 1.66. The molecule has 2 aromatic carbocycles. The molecule has 0 spiro atoms. The van der Waals surface area contributed by atoms with Crippen molar-refractivity contribution >= 4 is 17.5 Å². The minimum atomic E-state index is -0.132. The quantitative estimate of drug-likeness (QED) is 0.771. The number of hydrogen-bond donors (Lipinski definition) is 2. The molecule has 4 rings (SSSR count). The second-order valence-corrected chi connectivity index (χ2v) is 5.97. The average molecular weight is 334 g/mol. The molecule has 1 atom stereocenters. The first-order valence-electron chi connectivity index (χ1n) is 8.05. The van der Waals surface area contributed by atoms with Gasteiger partial charge in [-0.3, -0.25) is 4.79 Å². The maximum atomic E-state index is 12.3. The molecule has 3 aromatic rings. The topological polar surface area (TPSA) is 82.2 Å². The molecule has 0 saturated heterocycles. The Bertz CT molecular complexity index is 917. The van der Waals surface area contributed by atoms with Gasteiger partial charge in [0.1, 0.15) is 11.6 Å². The van der Waals surface area contributed by atoms with Gasteiger partial charge in [-0.2, -0.15) is 0 Å². The van der Waals surface area contributed by atoms with Crippen LogP contribution in [-0.4, -0.2) is 22.8 Å². The average Bonchev–Trinajstić information content (AvgIpc) is 2.98. The maximum absolute atomic E-state index is 12.3. The number of methoxy groups -OCH3 is 1. The fraction of sp³-hybridized carbons (Fsp3) is 0.158. The SMILES string of the molecule is COc1ccc(C2CC(=O)Nc3c2c(N)nn3-c2ccccc2)cc1. The van der Waals surface area contributed by atoms with Gasteiger partial charge in [0.25, 0.3) is 0 Å². The van der Waals surface area contributed by atoms with E-state index in [0.717, 1.165) is 22.6 Å². The molecule has 1 unspecified atom stereocenters. The van der Waals surface area contributed by atoms with Crippen LogP contribution in [0.5, 0.6) is 5.75 Å². The van der Waals surface area contributed by atoms with Crippen LogP contribution in [0.4, 0.5) is 11.6 Å². The molecular formula is C19H18N4O2. The first-order chi connectivity index (χ1) is 12.2. The smallest absolute Gasteiger partial charge is 0.226 e. The molecule has 1 aliphatic heterocycles. The van der Waals surface area contributed by atoms with Crippen molar-refractivity contribution in [2.75, 3.05) is 18.2 Å². The number of anilines is 2. The van der Waals surface area contributed by atoms with Gasteiger partial charge in [-0.25, -0.2) is 4.68 Å². The lowest BCUT2D eigenvalue weighted by Gasteiger charge is -2.24. The second-order valence-electron chi connectivity index (χ2n) is 5.97. The van der Waals surface area contributed by atoms with Gasteiger partial charge in [-0.1, -0.05) is 30.3 Å². The Labute approximate surface area is 145 Å². The molecule has 0 bridgehead atoms. The molecular weight excluding hydrogens is 316 g/mol. The fourth-order valence-corrected chi connectivity index (χ4v) is 3.26. The zero-order valence-electron chi connectivity index (χ0n) is 13.8. The second kappa shape index (κ2) is 5.98. The number of benzene rings is 2. The van der Waals surface area contributed by atoms with Crippen LogP contribution in [0, 0.1) is 0 Å². The Kier molecular flexibility index (Phi) is 3.65. The molecule has 0 fully saturated rings. The number of nitrogens with zero attached hydrogens (tertiary/aromatic N) is 2. The molecule has 0 aliphatic carbocycles. The van der Waals surface area contributed by atoms with Crippen LogP contribution in [0.3, 0.4) is 0 Å². The number of hydrogen-bond acceptors (Lipinski definition) is 4. The van der Waals surface area contributed by atoms with Crippen molar-refractivity contribution in [2.45, 2.75) is 12.3 Å². The van der Waals surface area contributed by atoms with Gasteiger partial charge >= 0.3 is 0 Å². The largest absolute Gasteiger partial charge is 0.497 e. The van der Waals surface area contributed by atoms with Crippen LogP contribution in [0.15, 0.2) is 54.6 Å². The van der Waals surface area contributed by atoms with Gasteiger partial charge in [-0.15, -0.1) is 5.10 Å². The lowest BCUT2D eigenvalue weighted by molar-refractivity contribution is -0.116. The Morgan fingerprint density at radius 3 is 2.56 bits per heavy atom. The first-order valence-corrected chi connectivity index (χ1v) is 8.05. The van der Waals surface area contributed by atoms with Crippen LogP contribution in [0.2, 0.25) is 0 Å². The summed E-state index contributed by atoms with van der Waals surface area (Å²) < 4.78 is 6.91. The van der Waals surface area contributed by atoms with Crippen LogP contribution in [0.25, 0.3) is 5.69 Å². The molecule has 1 aliphatic rings. The zero-order chi connectivity index (χ0) is 17.4. The minimum Gasteiger partial charge on any atom is -0.497 e. The molecule has 0 saturated carbocycles. The predicted molar refractivity (Wildman–Crippen MR) is 96.1 cm³/mol. The summed E-state index contributed by atoms with van der Waals surface area (Å²) in [4.78, 5) is 12.3. The van der Waals surface area contributed by atoms with Gasteiger partial charge in [0.15, 0.2) is 5.82 Å². The number of rotatable bonds is 3. The van der Waals surface area contributed by atoms with E-state index in [4.69, 9.17) is 10.5 Å². The normalized spacial score (nSPS) is 16.2. The van der Waals surface area contributed by atoms with Crippen molar-refractivity contribution in [1.29, 1.82) is 0 Å². The van der Waals surface area contributed by atoms with E-state index in [9.17, 15) is 4.79 Å². The number of nitrogen functional groups attached to an aromatic ring is 1. The van der Waals surface area contributed by atoms with Gasteiger partial charge in [0.05, 0.1) is 12.8 Å². The third kappa shape index (κ3) is 2.61. The Morgan fingerprint density at radius 2 is 1.88 bits per heavy atom. The van der Waals surface area contributed by atoms with Crippen molar-refractivity contribution in [2.24, 2.45) is 0 Å². The van der Waals surface area contributed by atoms with E-state index in [0.29, 0.717) is 18.1 Å². The van der Waals surface area contributed by atoms with Crippen molar-refractivity contribution in [1.82, 2.24) is 9.78 Å². The van der Waals surface area contributed by atoms with Crippen molar-refractivity contribution < 1.29 is 9.53 Å². The molecule has 0 radical (unpaired) electrons. The summed E-state index contributed by atoms with van der Waals surface area (Å²) in [7, 11) is 1.63. The third-order valence-corrected chi connectivity index (χ3v) is 4.47. The van der Waals surface area contributed by atoms with Crippen LogP contribution < -0.4 is 15.8 Å². The maximum Gasteiger partial charge on any atom is 0.226 e. The van der Waals surface area contributed by atoms with E-state index in [1.54, 1.807) is 11.8 Å². The summed E-state index contributed by atoms with van der Waals surface area (Å²) in [5.41, 5.74) is 8.94. The first kappa shape index (κ1) is 15.3. The summed E-state index contributed by atoms with van der Waals surface area (Å²) in [5, 5.41) is 7.39. The Morgan fingerprint density at radius 1 is 1.16 bits per heavy atom. The number of carbonyl (C=O) groups excluding carboxylic acids is 1. The van der Waals surface area contributed by atoms with E-state index >= 15 is 0 Å². The fourth-order valence-electron chi connectivity index (χ4n) is 3.26. The number of nitrogens with one attached hydrogen (secondary N) is 1. The summed E-state index contributed by atoms with van der Waals surface area (Å²) in [6.45, 7) is 0. The van der Waals surface area contributed by atoms with Gasteiger partial charge in [0.2, 0.25) is 5.91 Å². The van der Waals surface area contributed by atoms with E-state index in [1.807, 2.05) is 54.6 Å². The zero-order valence-corrected chi connectivity index (χ0v) is 13.8. The van der Waals surface area contributed by atoms with Crippen molar-refractivity contribution in [3.8, 4) is 11.4 Å².